The van der Waals surface area contributed by atoms with E-state index in [1.54, 1.807) is 16.2 Å². The lowest BCUT2D eigenvalue weighted by atomic mass is 10.1. The zero-order valence-electron chi connectivity index (χ0n) is 15.9. The number of rotatable bonds is 4. The Balaban J connectivity index is 1.60. The molecule has 5 nitrogen and oxygen atoms in total. The molecule has 0 aliphatic carbocycles. The van der Waals surface area contributed by atoms with Crippen LogP contribution in [0, 0.1) is 25.5 Å². The Kier molecular flexibility index (Phi) is 5.37. The van der Waals surface area contributed by atoms with E-state index in [-0.39, 0.29) is 17.8 Å². The number of hydrogen-bond donors (Lipinski definition) is 2. The van der Waals surface area contributed by atoms with Crippen molar-refractivity contribution in [3.63, 3.8) is 0 Å². The average Bonchev–Trinajstić information content (AvgIpc) is 3.14. The summed E-state index contributed by atoms with van der Waals surface area (Å²) >= 11 is 1.56. The van der Waals surface area contributed by atoms with Gasteiger partial charge in [0.15, 0.2) is 0 Å². The number of para-hydroxylation sites is 1. The van der Waals surface area contributed by atoms with Gasteiger partial charge >= 0.3 is 6.03 Å². The molecule has 27 heavy (non-hydrogen) atoms. The quantitative estimate of drug-likeness (QED) is 0.828. The fraction of sp³-hybridized carbons (Fsp3) is 0.474. The molecule has 0 radical (unpaired) electrons. The fourth-order valence-electron chi connectivity index (χ4n) is 3.17. The number of nitrogens with zero attached hydrogens (tertiary/aromatic N) is 2. The molecule has 1 aliphatic rings. The Hall–Kier alpha value is -2.22. The highest BCUT2D eigenvalue weighted by Crippen LogP contribution is 2.28. The largest absolute Gasteiger partial charge is 0.365 e. The van der Waals surface area contributed by atoms with E-state index in [0.29, 0.717) is 19.5 Å². The predicted molar refractivity (Wildman–Crippen MR) is 103 cm³/mol. The Morgan fingerprint density at radius 1 is 1.30 bits per heavy atom. The van der Waals surface area contributed by atoms with Crippen LogP contribution < -0.4 is 15.5 Å². The molecule has 2 N–H and O–H groups in total. The number of thiazole rings is 1. The van der Waals surface area contributed by atoms with Crippen molar-refractivity contribution in [1.29, 1.82) is 0 Å². The van der Waals surface area contributed by atoms with Crippen molar-refractivity contribution in [3.8, 4) is 0 Å². The zero-order valence-corrected chi connectivity index (χ0v) is 16.7. The first-order valence-electron chi connectivity index (χ1n) is 8.89. The van der Waals surface area contributed by atoms with E-state index in [0.717, 1.165) is 15.6 Å². The van der Waals surface area contributed by atoms with Crippen LogP contribution in [0.25, 0.3) is 0 Å². The van der Waals surface area contributed by atoms with Crippen molar-refractivity contribution in [2.24, 2.45) is 0 Å². The van der Waals surface area contributed by atoms with Crippen LogP contribution in [0.4, 0.5) is 19.3 Å². The summed E-state index contributed by atoms with van der Waals surface area (Å²) in [6, 6.07) is 3.34. The molecular formula is C19H24F2N4OS. The van der Waals surface area contributed by atoms with Gasteiger partial charge in [-0.1, -0.05) is 6.07 Å². The third-order valence-corrected chi connectivity index (χ3v) is 6.16. The normalized spacial score (nSPS) is 17.3. The Labute approximate surface area is 161 Å². The van der Waals surface area contributed by atoms with E-state index >= 15 is 0 Å². The summed E-state index contributed by atoms with van der Waals surface area (Å²) in [6.07, 6.45) is 0.622. The van der Waals surface area contributed by atoms with E-state index in [9.17, 15) is 13.6 Å². The van der Waals surface area contributed by atoms with Crippen molar-refractivity contribution < 1.29 is 13.6 Å². The molecule has 2 aromatic rings. The van der Waals surface area contributed by atoms with Crippen LogP contribution in [0.15, 0.2) is 18.2 Å². The molecule has 8 heteroatoms. The molecule has 1 aromatic carbocycles. The number of hydrogen-bond acceptors (Lipinski definition) is 4. The lowest BCUT2D eigenvalue weighted by Gasteiger charge is -2.25. The number of urea groups is 1. The van der Waals surface area contributed by atoms with Gasteiger partial charge in [-0.2, -0.15) is 0 Å². The molecule has 1 unspecified atom stereocenters. The van der Waals surface area contributed by atoms with Gasteiger partial charge in [-0.05, 0) is 46.2 Å². The Morgan fingerprint density at radius 2 is 1.96 bits per heavy atom. The lowest BCUT2D eigenvalue weighted by Crippen LogP contribution is -2.50. The third-order valence-electron chi connectivity index (χ3n) is 4.77. The SMILES string of the molecule is Cc1nc(C(C)(C)NC(=O)NC2CCN(c3c(F)cccc3F)C2)sc1C. The topological polar surface area (TPSA) is 57.3 Å². The van der Waals surface area contributed by atoms with Gasteiger partial charge in [-0.25, -0.2) is 18.6 Å². The average molecular weight is 394 g/mol. The molecule has 0 bridgehead atoms. The van der Waals surface area contributed by atoms with Gasteiger partial charge in [-0.3, -0.25) is 0 Å². The lowest BCUT2D eigenvalue weighted by molar-refractivity contribution is 0.227. The molecule has 1 saturated heterocycles. The number of carbonyl (C=O) groups is 1. The van der Waals surface area contributed by atoms with Crippen molar-refractivity contribution in [2.75, 3.05) is 18.0 Å². The van der Waals surface area contributed by atoms with Gasteiger partial charge in [-0.15, -0.1) is 11.3 Å². The number of amides is 2. The maximum atomic E-state index is 13.9. The van der Waals surface area contributed by atoms with Crippen molar-refractivity contribution >= 4 is 23.1 Å². The molecule has 2 amide bonds. The minimum Gasteiger partial charge on any atom is -0.365 e. The van der Waals surface area contributed by atoms with Gasteiger partial charge in [0.2, 0.25) is 0 Å². The maximum Gasteiger partial charge on any atom is 0.315 e. The molecule has 0 spiro atoms. The van der Waals surface area contributed by atoms with Crippen LogP contribution in [0.2, 0.25) is 0 Å². The molecule has 1 aromatic heterocycles. The smallest absolute Gasteiger partial charge is 0.315 e. The van der Waals surface area contributed by atoms with Gasteiger partial charge in [0, 0.05) is 24.0 Å². The number of anilines is 1. The first kappa shape index (κ1) is 19.5. The number of nitrogens with one attached hydrogen (secondary N) is 2. The number of aryl methyl sites for hydroxylation is 2. The van der Waals surface area contributed by atoms with Crippen LogP contribution in [0.3, 0.4) is 0 Å². The van der Waals surface area contributed by atoms with E-state index in [2.05, 4.69) is 15.6 Å². The molecule has 146 valence electrons. The minimum atomic E-state index is -0.607. The second-order valence-corrected chi connectivity index (χ2v) is 8.59. The van der Waals surface area contributed by atoms with E-state index in [4.69, 9.17) is 0 Å². The van der Waals surface area contributed by atoms with Gasteiger partial charge in [0.25, 0.3) is 0 Å². The Bertz CT molecular complexity index is 812. The van der Waals surface area contributed by atoms with Crippen LogP contribution in [0.5, 0.6) is 0 Å². The summed E-state index contributed by atoms with van der Waals surface area (Å²) in [6.45, 7) is 8.60. The molecule has 1 fully saturated rings. The van der Waals surface area contributed by atoms with E-state index < -0.39 is 17.2 Å². The molecule has 0 saturated carbocycles. The van der Waals surface area contributed by atoms with Crippen LogP contribution in [-0.4, -0.2) is 30.1 Å². The van der Waals surface area contributed by atoms with Crippen LogP contribution in [-0.2, 0) is 5.54 Å². The second kappa shape index (κ2) is 7.42. The maximum absolute atomic E-state index is 13.9. The third kappa shape index (κ3) is 4.21. The summed E-state index contributed by atoms with van der Waals surface area (Å²) < 4.78 is 27.9. The summed E-state index contributed by atoms with van der Waals surface area (Å²) in [5, 5.41) is 6.70. The highest BCUT2D eigenvalue weighted by molar-refractivity contribution is 7.11. The molecule has 2 heterocycles. The summed E-state index contributed by atoms with van der Waals surface area (Å²) in [5.41, 5.74) is 0.323. The van der Waals surface area contributed by atoms with E-state index in [1.807, 2.05) is 27.7 Å². The standard InChI is InChI=1S/C19H24F2N4OS/c1-11-12(2)27-17(22-11)19(3,4)24-18(26)23-13-8-9-25(10-13)16-14(20)6-5-7-15(16)21/h5-7,13H,8-10H2,1-4H3,(H2,23,24,26). The first-order chi connectivity index (χ1) is 12.7. The number of carbonyl (C=O) groups excluding carboxylic acids is 1. The van der Waals surface area contributed by atoms with Crippen LogP contribution >= 0.6 is 11.3 Å². The highest BCUT2D eigenvalue weighted by Gasteiger charge is 2.31. The van der Waals surface area contributed by atoms with Crippen molar-refractivity contribution in [1.82, 2.24) is 15.6 Å². The van der Waals surface area contributed by atoms with Crippen molar-refractivity contribution in [2.45, 2.75) is 45.7 Å². The van der Waals surface area contributed by atoms with Gasteiger partial charge in [0.1, 0.15) is 22.3 Å². The summed E-state index contributed by atoms with van der Waals surface area (Å²) in [7, 11) is 0. The van der Waals surface area contributed by atoms with Crippen molar-refractivity contribution in [3.05, 3.63) is 45.4 Å². The monoisotopic (exact) mass is 394 g/mol. The highest BCUT2D eigenvalue weighted by atomic mass is 32.1. The summed E-state index contributed by atoms with van der Waals surface area (Å²) in [5.74, 6) is -1.17. The first-order valence-corrected chi connectivity index (χ1v) is 9.71. The van der Waals surface area contributed by atoms with Gasteiger partial charge < -0.3 is 15.5 Å². The molecule has 1 aliphatic heterocycles. The molecular weight excluding hydrogens is 370 g/mol. The van der Waals surface area contributed by atoms with E-state index in [1.165, 1.54) is 18.2 Å². The fourth-order valence-corrected chi connectivity index (χ4v) is 4.14. The minimum absolute atomic E-state index is 0.0312. The zero-order chi connectivity index (χ0) is 19.8. The number of halogens is 2. The predicted octanol–water partition coefficient (Wildman–Crippen LogP) is 3.85. The Morgan fingerprint density at radius 3 is 2.56 bits per heavy atom. The number of aromatic nitrogens is 1. The van der Waals surface area contributed by atoms with Gasteiger partial charge in [0.05, 0.1) is 11.2 Å². The molecule has 1 atom stereocenters. The summed E-state index contributed by atoms with van der Waals surface area (Å²) in [4.78, 5) is 19.7. The second-order valence-electron chi connectivity index (χ2n) is 7.39. The van der Waals surface area contributed by atoms with Crippen LogP contribution in [0.1, 0.15) is 35.8 Å². The molecule has 3 rings (SSSR count). The number of benzene rings is 1.